The summed E-state index contributed by atoms with van der Waals surface area (Å²) in [5.74, 6) is 0.680. The quantitative estimate of drug-likeness (QED) is 0.555. The second-order valence-electron chi connectivity index (χ2n) is 4.92. The summed E-state index contributed by atoms with van der Waals surface area (Å²) >= 11 is 15.5. The molecule has 0 heterocycles. The zero-order valence-corrected chi connectivity index (χ0v) is 13.9. The van der Waals surface area contributed by atoms with Crippen molar-refractivity contribution in [1.82, 2.24) is 0 Å². The van der Waals surface area contributed by atoms with Gasteiger partial charge in [-0.2, -0.15) is 0 Å². The zero-order valence-electron chi connectivity index (χ0n) is 10.8. The Balaban J connectivity index is 2.10. The average molecular weight is 368 g/mol. The molecule has 3 rings (SSSR count). The van der Waals surface area contributed by atoms with Crippen LogP contribution in [-0.4, -0.2) is 5.88 Å². The van der Waals surface area contributed by atoms with Gasteiger partial charge in [0.2, 0.25) is 0 Å². The van der Waals surface area contributed by atoms with Crippen molar-refractivity contribution in [3.8, 4) is 11.1 Å². The van der Waals surface area contributed by atoms with Gasteiger partial charge in [0, 0.05) is 15.4 Å². The van der Waals surface area contributed by atoms with Crippen LogP contribution in [0.25, 0.3) is 17.2 Å². The maximum absolute atomic E-state index is 6.03. The minimum atomic E-state index is 0.680. The Labute approximate surface area is 137 Å². The van der Waals surface area contributed by atoms with Crippen molar-refractivity contribution in [3.05, 3.63) is 62.6 Å². The highest BCUT2D eigenvalue weighted by Gasteiger charge is 2.17. The molecule has 0 aromatic heterocycles. The topological polar surface area (TPSA) is 0 Å². The molecule has 0 radical (unpaired) electrons. The van der Waals surface area contributed by atoms with Crippen LogP contribution in [0.4, 0.5) is 0 Å². The molecule has 2 aromatic rings. The Kier molecular flexibility index (Phi) is 4.21. The van der Waals surface area contributed by atoms with E-state index in [0.29, 0.717) is 5.88 Å². The average Bonchev–Trinajstić information content (AvgIpc) is 2.82. The molecule has 0 nitrogen and oxygen atoms in total. The third-order valence-corrected chi connectivity index (χ3v) is 4.68. The van der Waals surface area contributed by atoms with Gasteiger partial charge in [0.15, 0.2) is 0 Å². The summed E-state index contributed by atoms with van der Waals surface area (Å²) in [6.07, 6.45) is 4.26. The van der Waals surface area contributed by atoms with Crippen molar-refractivity contribution in [2.24, 2.45) is 0 Å². The molecule has 0 fully saturated rings. The highest BCUT2D eigenvalue weighted by atomic mass is 79.9. The molecular formula is C17H13BrCl2. The number of alkyl halides is 1. The van der Waals surface area contributed by atoms with Gasteiger partial charge < -0.3 is 0 Å². The van der Waals surface area contributed by atoms with Crippen molar-refractivity contribution in [2.75, 3.05) is 5.88 Å². The van der Waals surface area contributed by atoms with Gasteiger partial charge in [-0.3, -0.25) is 0 Å². The molecular weight excluding hydrogens is 355 g/mol. The van der Waals surface area contributed by atoms with E-state index in [2.05, 4.69) is 46.3 Å². The van der Waals surface area contributed by atoms with Gasteiger partial charge in [-0.1, -0.05) is 63.4 Å². The lowest BCUT2D eigenvalue weighted by Gasteiger charge is -2.10. The fourth-order valence-electron chi connectivity index (χ4n) is 2.66. The Morgan fingerprint density at radius 2 is 1.95 bits per heavy atom. The molecule has 0 saturated carbocycles. The van der Waals surface area contributed by atoms with Crippen molar-refractivity contribution in [3.63, 3.8) is 0 Å². The van der Waals surface area contributed by atoms with E-state index in [1.54, 1.807) is 0 Å². The van der Waals surface area contributed by atoms with Crippen molar-refractivity contribution in [2.45, 2.75) is 12.8 Å². The molecule has 0 N–H and O–H groups in total. The largest absolute Gasteiger partial charge is 0.126 e. The van der Waals surface area contributed by atoms with Crippen LogP contribution in [0.15, 0.2) is 46.4 Å². The predicted molar refractivity (Wildman–Crippen MR) is 91.6 cm³/mol. The summed E-state index contributed by atoms with van der Waals surface area (Å²) in [5.41, 5.74) is 6.53. The van der Waals surface area contributed by atoms with E-state index < -0.39 is 0 Å². The lowest BCUT2D eigenvalue weighted by molar-refractivity contribution is 1.05. The molecule has 20 heavy (non-hydrogen) atoms. The first-order valence-corrected chi connectivity index (χ1v) is 8.22. The maximum atomic E-state index is 6.03. The van der Waals surface area contributed by atoms with Gasteiger partial charge in [-0.05, 0) is 47.2 Å². The number of fused-ring (bicyclic) bond motifs is 1. The Hall–Kier alpha value is -0.760. The summed E-state index contributed by atoms with van der Waals surface area (Å²) in [7, 11) is 0. The third kappa shape index (κ3) is 2.67. The molecule has 102 valence electrons. The van der Waals surface area contributed by atoms with Gasteiger partial charge in [0.05, 0.1) is 0 Å². The summed E-state index contributed by atoms with van der Waals surface area (Å²) in [4.78, 5) is 0. The lowest BCUT2D eigenvalue weighted by atomic mass is 9.97. The molecule has 3 heteroatoms. The number of hydrogen-bond donors (Lipinski definition) is 0. The first-order chi connectivity index (χ1) is 9.69. The van der Waals surface area contributed by atoms with Crippen molar-refractivity contribution < 1.29 is 0 Å². The Morgan fingerprint density at radius 1 is 1.10 bits per heavy atom. The van der Waals surface area contributed by atoms with E-state index in [1.807, 2.05) is 12.1 Å². The lowest BCUT2D eigenvalue weighted by Crippen LogP contribution is -1.89. The van der Waals surface area contributed by atoms with Crippen LogP contribution in [0.5, 0.6) is 0 Å². The molecule has 0 amide bonds. The van der Waals surface area contributed by atoms with E-state index in [1.165, 1.54) is 27.8 Å². The second-order valence-corrected chi connectivity index (χ2v) is 6.59. The van der Waals surface area contributed by atoms with Crippen LogP contribution in [0, 0.1) is 0 Å². The summed E-state index contributed by atoms with van der Waals surface area (Å²) < 4.78 is 1.03. The van der Waals surface area contributed by atoms with Crippen LogP contribution in [0.2, 0.25) is 5.02 Å². The van der Waals surface area contributed by atoms with Gasteiger partial charge in [-0.25, -0.2) is 0 Å². The van der Waals surface area contributed by atoms with Crippen LogP contribution in [-0.2, 0) is 6.42 Å². The first kappa shape index (κ1) is 14.2. The monoisotopic (exact) mass is 366 g/mol. The van der Waals surface area contributed by atoms with E-state index in [9.17, 15) is 0 Å². The number of hydrogen-bond acceptors (Lipinski definition) is 0. The zero-order chi connectivity index (χ0) is 14.1. The summed E-state index contributed by atoms with van der Waals surface area (Å²) in [6.45, 7) is 0. The van der Waals surface area contributed by atoms with Crippen LogP contribution < -0.4 is 0 Å². The highest BCUT2D eigenvalue weighted by Crippen LogP contribution is 2.38. The van der Waals surface area contributed by atoms with E-state index in [-0.39, 0.29) is 0 Å². The van der Waals surface area contributed by atoms with Crippen molar-refractivity contribution >= 4 is 45.2 Å². The van der Waals surface area contributed by atoms with Gasteiger partial charge in [0.1, 0.15) is 0 Å². The molecule has 2 aromatic carbocycles. The Morgan fingerprint density at radius 3 is 2.70 bits per heavy atom. The van der Waals surface area contributed by atoms with Crippen LogP contribution >= 0.6 is 39.1 Å². The van der Waals surface area contributed by atoms with E-state index >= 15 is 0 Å². The summed E-state index contributed by atoms with van der Waals surface area (Å²) in [6, 6.07) is 12.4. The number of rotatable bonds is 3. The molecule has 0 unspecified atom stereocenters. The van der Waals surface area contributed by atoms with Gasteiger partial charge in [-0.15, -0.1) is 11.6 Å². The normalized spacial score (nSPS) is 13.2. The second kappa shape index (κ2) is 5.93. The molecule has 0 spiro atoms. The molecule has 0 saturated heterocycles. The molecule has 0 atom stereocenters. The summed E-state index contributed by atoms with van der Waals surface area (Å²) in [5, 5.41) is 0.742. The minimum Gasteiger partial charge on any atom is -0.126 e. The molecule has 0 bridgehead atoms. The van der Waals surface area contributed by atoms with Crippen LogP contribution in [0.3, 0.4) is 0 Å². The molecule has 0 aliphatic heterocycles. The van der Waals surface area contributed by atoms with Gasteiger partial charge >= 0.3 is 0 Å². The number of allylic oxidation sites excluding steroid dienone is 1. The molecule has 1 aliphatic carbocycles. The first-order valence-electron chi connectivity index (χ1n) is 6.52. The smallest absolute Gasteiger partial charge is 0.0417 e. The third-order valence-electron chi connectivity index (χ3n) is 3.60. The van der Waals surface area contributed by atoms with Crippen LogP contribution in [0.1, 0.15) is 17.5 Å². The SMILES string of the molecule is ClCCC1=Cc2c(cccc2-c2ccc(Cl)cc2Br)C1. The Bertz CT molecular complexity index is 689. The van der Waals surface area contributed by atoms with E-state index in [4.69, 9.17) is 23.2 Å². The minimum absolute atomic E-state index is 0.680. The van der Waals surface area contributed by atoms with Crippen molar-refractivity contribution in [1.29, 1.82) is 0 Å². The molecule has 1 aliphatic rings. The number of benzene rings is 2. The highest BCUT2D eigenvalue weighted by molar-refractivity contribution is 9.10. The van der Waals surface area contributed by atoms with Gasteiger partial charge in [0.25, 0.3) is 0 Å². The standard InChI is InChI=1S/C17H13BrCl2/c18-17-10-13(20)4-5-15(17)14-3-1-2-12-8-11(6-7-19)9-16(12)14/h1-5,9-10H,6-8H2. The van der Waals surface area contributed by atoms with E-state index in [0.717, 1.165) is 22.3 Å². The fourth-order valence-corrected chi connectivity index (χ4v) is 3.80. The predicted octanol–water partition coefficient (Wildman–Crippen LogP) is 6.34. The fraction of sp³-hybridized carbons (Fsp3) is 0.176. The number of halogens is 3. The maximum Gasteiger partial charge on any atom is 0.0417 e.